The minimum atomic E-state index is -1.29. The molecule has 8 nitrogen and oxygen atoms in total. The number of aliphatic carboxylic acids is 2. The third-order valence-corrected chi connectivity index (χ3v) is 1.49. The lowest BCUT2D eigenvalue weighted by Gasteiger charge is -2.24. The highest BCUT2D eigenvalue weighted by Crippen LogP contribution is 2.13. The van der Waals surface area contributed by atoms with Gasteiger partial charge in [-0.15, -0.1) is 0 Å². The largest absolute Gasteiger partial charge is 0.509 e. The molecule has 0 saturated heterocycles. The first-order valence-corrected chi connectivity index (χ1v) is 6.26. The van der Waals surface area contributed by atoms with Crippen LogP contribution in [0.4, 0.5) is 4.79 Å². The molecule has 124 valence electrons. The van der Waals surface area contributed by atoms with Gasteiger partial charge in [0.15, 0.2) is 0 Å². The minimum Gasteiger partial charge on any atom is -0.481 e. The van der Waals surface area contributed by atoms with Crippen LogP contribution < -0.4 is 5.73 Å². The third-order valence-electron chi connectivity index (χ3n) is 1.49. The van der Waals surface area contributed by atoms with Crippen molar-refractivity contribution in [3.63, 3.8) is 0 Å². The van der Waals surface area contributed by atoms with E-state index in [-0.39, 0.29) is 0 Å². The quantitative estimate of drug-likeness (QED) is 0.669. The van der Waals surface area contributed by atoms with Crippen molar-refractivity contribution in [1.29, 1.82) is 0 Å². The number of carboxylic acid groups (broad SMARTS) is 2. The fourth-order valence-corrected chi connectivity index (χ4v) is 0.796. The highest BCUT2D eigenvalue weighted by atomic mass is 16.7. The van der Waals surface area contributed by atoms with E-state index in [2.05, 4.69) is 0 Å². The lowest BCUT2D eigenvalue weighted by Crippen LogP contribution is -2.32. The molecule has 1 atom stereocenters. The van der Waals surface area contributed by atoms with E-state index in [0.717, 1.165) is 0 Å². The maximum absolute atomic E-state index is 11.0. The maximum atomic E-state index is 11.0. The number of nitrogens with two attached hydrogens (primary N) is 1. The van der Waals surface area contributed by atoms with Crippen LogP contribution in [0.3, 0.4) is 0 Å². The van der Waals surface area contributed by atoms with Crippen LogP contribution in [-0.4, -0.2) is 45.6 Å². The van der Waals surface area contributed by atoms with Gasteiger partial charge in [0.2, 0.25) is 0 Å². The van der Waals surface area contributed by atoms with Crippen LogP contribution in [0.2, 0.25) is 0 Å². The Morgan fingerprint density at radius 1 is 0.952 bits per heavy atom. The Morgan fingerprint density at radius 2 is 1.29 bits per heavy atom. The minimum absolute atomic E-state index is 0.484. The van der Waals surface area contributed by atoms with Crippen molar-refractivity contribution in [2.24, 2.45) is 5.73 Å². The number of rotatable bonds is 3. The standard InChI is InChI=1S/C9H18O3.C4H7NO4/c1-8(2,3)11-7(10)12-9(4,5)6;5-2(4(8)9)1-3(6)7/h1-6H3;2H,1,5H2,(H,6,7)(H,8,9)/t;2-/m.0/s1. The smallest absolute Gasteiger partial charge is 0.481 e. The second-order valence-corrected chi connectivity index (χ2v) is 6.22. The van der Waals surface area contributed by atoms with E-state index in [9.17, 15) is 14.4 Å². The molecule has 0 aromatic carbocycles. The Morgan fingerprint density at radius 3 is 1.43 bits per heavy atom. The van der Waals surface area contributed by atoms with E-state index in [1.165, 1.54) is 0 Å². The Balaban J connectivity index is 0. The van der Waals surface area contributed by atoms with Gasteiger partial charge in [-0.2, -0.15) is 0 Å². The summed E-state index contributed by atoms with van der Waals surface area (Å²) in [6.45, 7) is 10.8. The molecule has 0 saturated carbocycles. The molecule has 0 rings (SSSR count). The van der Waals surface area contributed by atoms with Crippen LogP contribution >= 0.6 is 0 Å². The summed E-state index contributed by atoms with van der Waals surface area (Å²) >= 11 is 0. The van der Waals surface area contributed by atoms with Crippen LogP contribution in [0.15, 0.2) is 0 Å². The van der Waals surface area contributed by atoms with E-state index < -0.39 is 41.8 Å². The first-order chi connectivity index (χ1) is 9.14. The topological polar surface area (TPSA) is 136 Å². The van der Waals surface area contributed by atoms with Crippen LogP contribution in [0.25, 0.3) is 0 Å². The average Bonchev–Trinajstić information content (AvgIpc) is 2.10. The summed E-state index contributed by atoms with van der Waals surface area (Å²) in [4.78, 5) is 30.6. The molecule has 0 heterocycles. The molecule has 0 radical (unpaired) electrons. The van der Waals surface area contributed by atoms with Gasteiger partial charge in [-0.05, 0) is 41.5 Å². The predicted molar refractivity (Wildman–Crippen MR) is 74.9 cm³/mol. The molecule has 0 aliphatic heterocycles. The SMILES string of the molecule is CC(C)(C)OC(=O)OC(C)(C)C.N[C@@H](CC(=O)O)C(=O)O. The fraction of sp³-hybridized carbons (Fsp3) is 0.769. The van der Waals surface area contributed by atoms with Gasteiger partial charge in [-0.1, -0.05) is 0 Å². The summed E-state index contributed by atoms with van der Waals surface area (Å²) in [5, 5.41) is 16.0. The van der Waals surface area contributed by atoms with Gasteiger partial charge in [-0.3, -0.25) is 9.59 Å². The van der Waals surface area contributed by atoms with Gasteiger partial charge in [0.25, 0.3) is 0 Å². The summed E-state index contributed by atoms with van der Waals surface area (Å²) in [6, 6.07) is -1.29. The first-order valence-electron chi connectivity index (χ1n) is 6.26. The molecule has 0 aliphatic rings. The average molecular weight is 307 g/mol. The number of hydrogen-bond acceptors (Lipinski definition) is 6. The van der Waals surface area contributed by atoms with Crippen molar-refractivity contribution in [2.75, 3.05) is 0 Å². The van der Waals surface area contributed by atoms with Crippen LogP contribution in [-0.2, 0) is 19.1 Å². The van der Waals surface area contributed by atoms with E-state index in [0.29, 0.717) is 0 Å². The van der Waals surface area contributed by atoms with Gasteiger partial charge >= 0.3 is 18.1 Å². The van der Waals surface area contributed by atoms with Crippen LogP contribution in [0, 0.1) is 0 Å². The second kappa shape index (κ2) is 8.46. The Labute approximate surface area is 124 Å². The molecular weight excluding hydrogens is 282 g/mol. The highest BCUT2D eigenvalue weighted by molar-refractivity contribution is 5.80. The van der Waals surface area contributed by atoms with E-state index in [1.807, 2.05) is 0 Å². The van der Waals surface area contributed by atoms with Crippen LogP contribution in [0.5, 0.6) is 0 Å². The van der Waals surface area contributed by atoms with Gasteiger partial charge in [0.05, 0.1) is 6.42 Å². The number of carbonyl (C=O) groups is 3. The zero-order valence-corrected chi connectivity index (χ0v) is 13.3. The number of carbonyl (C=O) groups excluding carboxylic acids is 1. The summed E-state index contributed by atoms with van der Waals surface area (Å²) in [7, 11) is 0. The highest BCUT2D eigenvalue weighted by Gasteiger charge is 2.22. The maximum Gasteiger partial charge on any atom is 0.509 e. The second-order valence-electron chi connectivity index (χ2n) is 6.22. The lowest BCUT2D eigenvalue weighted by molar-refractivity contribution is -0.144. The molecule has 0 amide bonds. The molecule has 0 aromatic heterocycles. The molecule has 4 N–H and O–H groups in total. The molecule has 8 heteroatoms. The van der Waals surface area contributed by atoms with Crippen molar-refractivity contribution >= 4 is 18.1 Å². The molecule has 0 unspecified atom stereocenters. The monoisotopic (exact) mass is 307 g/mol. The first kappa shape index (κ1) is 21.5. The molecule has 0 aromatic rings. The van der Waals surface area contributed by atoms with E-state index >= 15 is 0 Å². The Hall–Kier alpha value is -1.83. The zero-order valence-electron chi connectivity index (χ0n) is 13.3. The lowest BCUT2D eigenvalue weighted by atomic mass is 10.2. The molecule has 0 spiro atoms. The van der Waals surface area contributed by atoms with E-state index in [4.69, 9.17) is 25.4 Å². The summed E-state index contributed by atoms with van der Waals surface area (Å²) in [5.74, 6) is -2.50. The third kappa shape index (κ3) is 18.2. The molecule has 0 aliphatic carbocycles. The number of carboxylic acids is 2. The fourth-order valence-electron chi connectivity index (χ4n) is 0.796. The Bertz CT molecular complexity index is 348. The molecule has 0 fully saturated rings. The number of hydrogen-bond donors (Lipinski definition) is 3. The van der Waals surface area contributed by atoms with Crippen molar-refractivity contribution in [1.82, 2.24) is 0 Å². The van der Waals surface area contributed by atoms with Gasteiger partial charge < -0.3 is 25.4 Å². The van der Waals surface area contributed by atoms with Crippen molar-refractivity contribution in [3.05, 3.63) is 0 Å². The molecule has 21 heavy (non-hydrogen) atoms. The van der Waals surface area contributed by atoms with Crippen molar-refractivity contribution in [2.45, 2.75) is 65.2 Å². The summed E-state index contributed by atoms with van der Waals surface area (Å²) < 4.78 is 9.91. The van der Waals surface area contributed by atoms with Crippen molar-refractivity contribution in [3.8, 4) is 0 Å². The van der Waals surface area contributed by atoms with Gasteiger partial charge in [-0.25, -0.2) is 4.79 Å². The number of ether oxygens (including phenoxy) is 2. The van der Waals surface area contributed by atoms with Gasteiger partial charge in [0.1, 0.15) is 17.2 Å². The zero-order chi connectivity index (χ0) is 17.4. The normalized spacial score (nSPS) is 12.5. The van der Waals surface area contributed by atoms with Crippen LogP contribution in [0.1, 0.15) is 48.0 Å². The van der Waals surface area contributed by atoms with Crippen molar-refractivity contribution < 1.29 is 34.1 Å². The van der Waals surface area contributed by atoms with Gasteiger partial charge in [0, 0.05) is 0 Å². The Kier molecular flexibility index (Phi) is 8.64. The van der Waals surface area contributed by atoms with E-state index in [1.54, 1.807) is 41.5 Å². The predicted octanol–water partition coefficient (Wildman–Crippen LogP) is 1.61. The molecular formula is C13H25NO7. The summed E-state index contributed by atoms with van der Waals surface area (Å²) in [5.41, 5.74) is 3.87. The molecule has 0 bridgehead atoms. The summed E-state index contributed by atoms with van der Waals surface area (Å²) in [6.07, 6.45) is -1.15.